The van der Waals surface area contributed by atoms with Crippen LogP contribution in [0.25, 0.3) is 0 Å². The van der Waals surface area contributed by atoms with Gasteiger partial charge >= 0.3 is 11.9 Å². The lowest BCUT2D eigenvalue weighted by molar-refractivity contribution is -0.162. The van der Waals surface area contributed by atoms with Gasteiger partial charge < -0.3 is 9.47 Å². The van der Waals surface area contributed by atoms with Gasteiger partial charge in [-0.2, -0.15) is 0 Å². The van der Waals surface area contributed by atoms with E-state index in [-0.39, 0.29) is 6.61 Å². The van der Waals surface area contributed by atoms with Gasteiger partial charge in [-0.05, 0) is 25.0 Å². The molecule has 1 aromatic rings. The number of carbonyl (C=O) groups excluding carboxylic acids is 2. The topological polar surface area (TPSA) is 52.6 Å². The minimum atomic E-state index is -0.965. The SMILES string of the molecule is CCCCCCCOC(=O)C(=O)Oc1ccccc1C. The molecule has 4 nitrogen and oxygen atoms in total. The lowest BCUT2D eigenvalue weighted by Crippen LogP contribution is -2.23. The number of rotatable bonds is 7. The Kier molecular flexibility index (Phi) is 7.40. The number of para-hydroxylation sites is 1. The molecule has 1 rings (SSSR count). The smallest absolute Gasteiger partial charge is 0.422 e. The molecule has 0 bridgehead atoms. The number of unbranched alkanes of at least 4 members (excludes halogenated alkanes) is 4. The van der Waals surface area contributed by atoms with Gasteiger partial charge in [0.15, 0.2) is 0 Å². The summed E-state index contributed by atoms with van der Waals surface area (Å²) < 4.78 is 9.87. The van der Waals surface area contributed by atoms with E-state index in [1.54, 1.807) is 12.1 Å². The maximum atomic E-state index is 11.5. The Morgan fingerprint density at radius 3 is 2.40 bits per heavy atom. The van der Waals surface area contributed by atoms with Crippen LogP contribution in [0.15, 0.2) is 24.3 Å². The van der Waals surface area contributed by atoms with Crippen LogP contribution in [0.5, 0.6) is 5.75 Å². The summed E-state index contributed by atoms with van der Waals surface area (Å²) in [5.41, 5.74) is 0.799. The lowest BCUT2D eigenvalue weighted by atomic mass is 10.2. The normalized spacial score (nSPS) is 10.1. The first-order valence-corrected chi connectivity index (χ1v) is 7.09. The fourth-order valence-electron chi connectivity index (χ4n) is 1.74. The van der Waals surface area contributed by atoms with Crippen LogP contribution in [0.2, 0.25) is 0 Å². The molecule has 0 aliphatic rings. The highest BCUT2D eigenvalue weighted by Gasteiger charge is 2.18. The molecule has 0 saturated heterocycles. The third kappa shape index (κ3) is 5.87. The number of benzene rings is 1. The number of aryl methyl sites for hydroxylation is 1. The van der Waals surface area contributed by atoms with E-state index >= 15 is 0 Å². The first-order valence-electron chi connectivity index (χ1n) is 7.09. The molecule has 0 N–H and O–H groups in total. The molecule has 0 atom stereocenters. The largest absolute Gasteiger partial charge is 0.457 e. The van der Waals surface area contributed by atoms with Crippen molar-refractivity contribution in [2.45, 2.75) is 46.0 Å². The van der Waals surface area contributed by atoms with Crippen molar-refractivity contribution >= 4 is 11.9 Å². The van der Waals surface area contributed by atoms with Crippen LogP contribution in [0, 0.1) is 6.92 Å². The van der Waals surface area contributed by atoms with Crippen LogP contribution >= 0.6 is 0 Å². The second-order valence-corrected chi connectivity index (χ2v) is 4.71. The van der Waals surface area contributed by atoms with E-state index in [4.69, 9.17) is 9.47 Å². The summed E-state index contributed by atoms with van der Waals surface area (Å²) >= 11 is 0. The molecular formula is C16H22O4. The number of hydrogen-bond acceptors (Lipinski definition) is 4. The molecule has 110 valence electrons. The summed E-state index contributed by atoms with van der Waals surface area (Å²) in [5, 5.41) is 0. The number of esters is 2. The van der Waals surface area contributed by atoms with Gasteiger partial charge in [-0.25, -0.2) is 9.59 Å². The second kappa shape index (κ2) is 9.13. The zero-order valence-electron chi connectivity index (χ0n) is 12.2. The summed E-state index contributed by atoms with van der Waals surface area (Å²) in [6.07, 6.45) is 5.27. The van der Waals surface area contributed by atoms with Crippen LogP contribution in [0.4, 0.5) is 0 Å². The van der Waals surface area contributed by atoms with Crippen molar-refractivity contribution < 1.29 is 19.1 Å². The van der Waals surface area contributed by atoms with Crippen molar-refractivity contribution in [3.63, 3.8) is 0 Å². The Hall–Kier alpha value is -1.84. The van der Waals surface area contributed by atoms with Crippen LogP contribution in [0.1, 0.15) is 44.6 Å². The highest BCUT2D eigenvalue weighted by atomic mass is 16.6. The van der Waals surface area contributed by atoms with E-state index < -0.39 is 11.9 Å². The zero-order valence-corrected chi connectivity index (χ0v) is 12.2. The van der Waals surface area contributed by atoms with Gasteiger partial charge in [-0.3, -0.25) is 0 Å². The van der Waals surface area contributed by atoms with Gasteiger partial charge in [0, 0.05) is 0 Å². The first kappa shape index (κ1) is 16.2. The average molecular weight is 278 g/mol. The fourth-order valence-corrected chi connectivity index (χ4v) is 1.74. The zero-order chi connectivity index (χ0) is 14.8. The molecule has 4 heteroatoms. The minimum absolute atomic E-state index is 0.269. The number of hydrogen-bond donors (Lipinski definition) is 0. The van der Waals surface area contributed by atoms with Crippen molar-refractivity contribution in [1.82, 2.24) is 0 Å². The van der Waals surface area contributed by atoms with Crippen LogP contribution in [0.3, 0.4) is 0 Å². The standard InChI is InChI=1S/C16H22O4/c1-3-4-5-6-9-12-19-15(17)16(18)20-14-11-8-7-10-13(14)2/h7-8,10-11H,3-6,9,12H2,1-2H3. The van der Waals surface area contributed by atoms with Gasteiger partial charge in [0.25, 0.3) is 0 Å². The van der Waals surface area contributed by atoms with Gasteiger partial charge in [-0.1, -0.05) is 50.8 Å². The van der Waals surface area contributed by atoms with Gasteiger partial charge in [0.2, 0.25) is 0 Å². The summed E-state index contributed by atoms with van der Waals surface area (Å²) in [6, 6.07) is 7.03. The molecule has 0 fully saturated rings. The maximum absolute atomic E-state index is 11.5. The molecular weight excluding hydrogens is 256 g/mol. The fraction of sp³-hybridized carbons (Fsp3) is 0.500. The van der Waals surface area contributed by atoms with Crippen molar-refractivity contribution in [3.05, 3.63) is 29.8 Å². The molecule has 0 amide bonds. The Balaban J connectivity index is 2.26. The van der Waals surface area contributed by atoms with Crippen molar-refractivity contribution in [2.24, 2.45) is 0 Å². The van der Waals surface area contributed by atoms with Crippen LogP contribution < -0.4 is 4.74 Å². The van der Waals surface area contributed by atoms with Crippen molar-refractivity contribution in [3.8, 4) is 5.75 Å². The Morgan fingerprint density at radius 1 is 1.00 bits per heavy atom. The molecule has 1 aromatic carbocycles. The predicted molar refractivity (Wildman–Crippen MR) is 76.5 cm³/mol. The van der Waals surface area contributed by atoms with E-state index in [0.29, 0.717) is 5.75 Å². The Labute approximate surface area is 120 Å². The van der Waals surface area contributed by atoms with E-state index in [9.17, 15) is 9.59 Å². The Morgan fingerprint density at radius 2 is 1.70 bits per heavy atom. The van der Waals surface area contributed by atoms with Crippen LogP contribution in [-0.4, -0.2) is 18.5 Å². The quantitative estimate of drug-likeness (QED) is 0.332. The van der Waals surface area contributed by atoms with Gasteiger partial charge in [0.05, 0.1) is 6.61 Å². The van der Waals surface area contributed by atoms with E-state index in [2.05, 4.69) is 6.92 Å². The van der Waals surface area contributed by atoms with E-state index in [1.165, 1.54) is 12.8 Å². The molecule has 0 unspecified atom stereocenters. The first-order chi connectivity index (χ1) is 9.65. The van der Waals surface area contributed by atoms with Gasteiger partial charge in [0.1, 0.15) is 5.75 Å². The molecule has 0 aromatic heterocycles. The summed E-state index contributed by atoms with van der Waals surface area (Å²) in [4.78, 5) is 23.0. The second-order valence-electron chi connectivity index (χ2n) is 4.71. The third-order valence-corrected chi connectivity index (χ3v) is 2.94. The average Bonchev–Trinajstić information content (AvgIpc) is 2.44. The molecule has 0 heterocycles. The lowest BCUT2D eigenvalue weighted by Gasteiger charge is -2.07. The van der Waals surface area contributed by atoms with Crippen molar-refractivity contribution in [1.29, 1.82) is 0 Å². The highest BCUT2D eigenvalue weighted by molar-refractivity contribution is 6.30. The molecule has 0 saturated carbocycles. The van der Waals surface area contributed by atoms with E-state index in [1.807, 2.05) is 19.1 Å². The minimum Gasteiger partial charge on any atom is -0.457 e. The maximum Gasteiger partial charge on any atom is 0.422 e. The summed E-state index contributed by atoms with van der Waals surface area (Å²) in [7, 11) is 0. The Bertz CT molecular complexity index is 440. The third-order valence-electron chi connectivity index (χ3n) is 2.94. The van der Waals surface area contributed by atoms with Crippen molar-refractivity contribution in [2.75, 3.05) is 6.61 Å². The number of carbonyl (C=O) groups is 2. The van der Waals surface area contributed by atoms with Crippen LogP contribution in [-0.2, 0) is 14.3 Å². The highest BCUT2D eigenvalue weighted by Crippen LogP contribution is 2.16. The summed E-state index contributed by atoms with van der Waals surface area (Å²) in [6.45, 7) is 4.22. The summed E-state index contributed by atoms with van der Waals surface area (Å²) in [5.74, 6) is -1.51. The molecule has 20 heavy (non-hydrogen) atoms. The molecule has 0 aliphatic heterocycles. The molecule has 0 spiro atoms. The predicted octanol–water partition coefficient (Wildman–Crippen LogP) is 3.41. The molecule has 0 aliphatic carbocycles. The monoisotopic (exact) mass is 278 g/mol. The molecule has 0 radical (unpaired) electrons. The number of ether oxygens (including phenoxy) is 2. The van der Waals surface area contributed by atoms with Gasteiger partial charge in [-0.15, -0.1) is 0 Å². The van der Waals surface area contributed by atoms with E-state index in [0.717, 1.165) is 24.8 Å².